The summed E-state index contributed by atoms with van der Waals surface area (Å²) in [4.78, 5) is 0. The number of ether oxygens (including phenoxy) is 1. The number of hydrogen-bond donors (Lipinski definition) is 1. The maximum Gasteiger partial charge on any atom is 0.194 e. The number of rotatable bonds is 5. The number of benzene rings is 1. The van der Waals surface area contributed by atoms with Gasteiger partial charge in [-0.3, -0.25) is 0 Å². The molecule has 106 valence electrons. The molecule has 0 bridgehead atoms. The largest absolute Gasteiger partial charge is 0.378 e. The van der Waals surface area contributed by atoms with E-state index in [1.807, 2.05) is 0 Å². The lowest BCUT2D eigenvalue weighted by Crippen LogP contribution is -2.20. The van der Waals surface area contributed by atoms with E-state index in [0.29, 0.717) is 6.42 Å². The van der Waals surface area contributed by atoms with Gasteiger partial charge in [-0.15, -0.1) is 0 Å². The van der Waals surface area contributed by atoms with E-state index in [0.717, 1.165) is 31.9 Å². The van der Waals surface area contributed by atoms with Crippen LogP contribution >= 0.6 is 0 Å². The molecule has 5 heteroatoms. The maximum absolute atomic E-state index is 13.7. The van der Waals surface area contributed by atoms with E-state index in [-0.39, 0.29) is 17.7 Å². The first-order valence-corrected chi connectivity index (χ1v) is 6.55. The Morgan fingerprint density at radius 3 is 2.74 bits per heavy atom. The average molecular weight is 273 g/mol. The van der Waals surface area contributed by atoms with Crippen LogP contribution in [0.25, 0.3) is 0 Å². The van der Waals surface area contributed by atoms with Gasteiger partial charge >= 0.3 is 0 Å². The summed E-state index contributed by atoms with van der Waals surface area (Å²) >= 11 is 0. The number of nitrogens with one attached hydrogen (secondary N) is 1. The highest BCUT2D eigenvalue weighted by Crippen LogP contribution is 2.27. The van der Waals surface area contributed by atoms with Crippen LogP contribution in [0.2, 0.25) is 0 Å². The molecule has 0 saturated carbocycles. The van der Waals surface area contributed by atoms with Crippen molar-refractivity contribution < 1.29 is 17.9 Å². The first kappa shape index (κ1) is 14.3. The minimum atomic E-state index is -1.41. The molecule has 1 fully saturated rings. The van der Waals surface area contributed by atoms with Crippen molar-refractivity contribution in [3.63, 3.8) is 0 Å². The second-order valence-electron chi connectivity index (χ2n) is 4.82. The quantitative estimate of drug-likeness (QED) is 0.831. The molecule has 2 atom stereocenters. The van der Waals surface area contributed by atoms with Gasteiger partial charge in [0.2, 0.25) is 0 Å². The van der Waals surface area contributed by atoms with Gasteiger partial charge in [0.1, 0.15) is 0 Å². The Balaban J connectivity index is 2.06. The van der Waals surface area contributed by atoms with Crippen LogP contribution in [0.4, 0.5) is 13.2 Å². The normalized spacial score (nSPS) is 20.7. The summed E-state index contributed by atoms with van der Waals surface area (Å²) in [7, 11) is 1.68. The Labute approximate surface area is 111 Å². The molecule has 1 saturated heterocycles. The molecule has 1 heterocycles. The molecule has 1 aliphatic heterocycles. The molecule has 2 nitrogen and oxygen atoms in total. The van der Waals surface area contributed by atoms with E-state index in [1.165, 1.54) is 6.07 Å². The molecule has 0 radical (unpaired) electrons. The summed E-state index contributed by atoms with van der Waals surface area (Å²) in [5.74, 6) is -3.67. The van der Waals surface area contributed by atoms with Gasteiger partial charge in [0.15, 0.2) is 17.5 Å². The van der Waals surface area contributed by atoms with Crippen LogP contribution in [-0.4, -0.2) is 19.8 Å². The zero-order valence-electron chi connectivity index (χ0n) is 10.9. The molecule has 0 spiro atoms. The monoisotopic (exact) mass is 273 g/mol. The SMILES string of the molecule is CNC(CCC1CCCO1)c1ccc(F)c(F)c1F. The van der Waals surface area contributed by atoms with Gasteiger partial charge in [-0.1, -0.05) is 6.07 Å². The Morgan fingerprint density at radius 2 is 2.11 bits per heavy atom. The van der Waals surface area contributed by atoms with Gasteiger partial charge in [-0.25, -0.2) is 13.2 Å². The zero-order valence-corrected chi connectivity index (χ0v) is 10.9. The smallest absolute Gasteiger partial charge is 0.194 e. The Morgan fingerprint density at radius 1 is 1.32 bits per heavy atom. The molecular weight excluding hydrogens is 255 g/mol. The van der Waals surface area contributed by atoms with Gasteiger partial charge in [-0.2, -0.15) is 0 Å². The highest BCUT2D eigenvalue weighted by Gasteiger charge is 2.22. The van der Waals surface area contributed by atoms with Crippen LogP contribution in [-0.2, 0) is 4.74 Å². The van der Waals surface area contributed by atoms with Crippen molar-refractivity contribution in [1.29, 1.82) is 0 Å². The second-order valence-corrected chi connectivity index (χ2v) is 4.82. The number of hydrogen-bond acceptors (Lipinski definition) is 2. The summed E-state index contributed by atoms with van der Waals surface area (Å²) in [5, 5.41) is 2.95. The van der Waals surface area contributed by atoms with Crippen LogP contribution in [0, 0.1) is 17.5 Å². The summed E-state index contributed by atoms with van der Waals surface area (Å²) in [5.41, 5.74) is 0.166. The molecule has 1 aliphatic rings. The first-order chi connectivity index (χ1) is 9.13. The van der Waals surface area contributed by atoms with Crippen LogP contribution < -0.4 is 5.32 Å². The van der Waals surface area contributed by atoms with Crippen molar-refractivity contribution in [3.05, 3.63) is 35.1 Å². The maximum atomic E-state index is 13.7. The van der Waals surface area contributed by atoms with Crippen LogP contribution in [0.1, 0.15) is 37.3 Å². The Hall–Kier alpha value is -1.07. The van der Waals surface area contributed by atoms with E-state index in [1.54, 1.807) is 7.05 Å². The summed E-state index contributed by atoms with van der Waals surface area (Å²) in [6.07, 6.45) is 3.67. The molecule has 0 amide bonds. The third-order valence-corrected chi connectivity index (χ3v) is 3.59. The van der Waals surface area contributed by atoms with Crippen molar-refractivity contribution in [2.24, 2.45) is 0 Å². The third-order valence-electron chi connectivity index (χ3n) is 3.59. The van der Waals surface area contributed by atoms with Gasteiger partial charge in [0, 0.05) is 18.2 Å². The lowest BCUT2D eigenvalue weighted by Gasteiger charge is -2.19. The summed E-state index contributed by atoms with van der Waals surface area (Å²) in [6, 6.07) is 1.92. The minimum absolute atomic E-state index is 0.166. The lowest BCUT2D eigenvalue weighted by molar-refractivity contribution is 0.0997. The summed E-state index contributed by atoms with van der Waals surface area (Å²) in [6.45, 7) is 0.772. The van der Waals surface area contributed by atoms with Crippen LogP contribution in [0.15, 0.2) is 12.1 Å². The van der Waals surface area contributed by atoms with E-state index >= 15 is 0 Å². The van der Waals surface area contributed by atoms with E-state index in [2.05, 4.69) is 5.32 Å². The molecule has 1 N–H and O–H groups in total. The molecule has 2 unspecified atom stereocenters. The minimum Gasteiger partial charge on any atom is -0.378 e. The van der Waals surface area contributed by atoms with Crippen molar-refractivity contribution >= 4 is 0 Å². The van der Waals surface area contributed by atoms with Crippen LogP contribution in [0.3, 0.4) is 0 Å². The van der Waals surface area contributed by atoms with E-state index < -0.39 is 17.5 Å². The Kier molecular flexibility index (Phi) is 4.82. The molecule has 19 heavy (non-hydrogen) atoms. The van der Waals surface area contributed by atoms with Gasteiger partial charge in [0.25, 0.3) is 0 Å². The predicted octanol–water partition coefficient (Wildman–Crippen LogP) is 3.32. The molecule has 0 aliphatic carbocycles. The standard InChI is InChI=1S/C14H18F3NO/c1-18-12(7-4-9-3-2-8-19-9)10-5-6-11(15)14(17)13(10)16/h5-6,9,12,18H,2-4,7-8H2,1H3. The highest BCUT2D eigenvalue weighted by molar-refractivity contribution is 5.23. The zero-order chi connectivity index (χ0) is 13.8. The molecule has 1 aromatic carbocycles. The Bertz CT molecular complexity index is 433. The van der Waals surface area contributed by atoms with Crippen molar-refractivity contribution in [1.82, 2.24) is 5.32 Å². The molecule has 0 aromatic heterocycles. The fourth-order valence-electron chi connectivity index (χ4n) is 2.49. The second kappa shape index (κ2) is 6.39. The fraction of sp³-hybridized carbons (Fsp3) is 0.571. The molecular formula is C14H18F3NO. The molecule has 2 rings (SSSR count). The lowest BCUT2D eigenvalue weighted by atomic mass is 9.98. The van der Waals surface area contributed by atoms with Crippen LogP contribution in [0.5, 0.6) is 0 Å². The van der Waals surface area contributed by atoms with E-state index in [4.69, 9.17) is 4.74 Å². The van der Waals surface area contributed by atoms with E-state index in [9.17, 15) is 13.2 Å². The van der Waals surface area contributed by atoms with Crippen molar-refractivity contribution in [3.8, 4) is 0 Å². The first-order valence-electron chi connectivity index (χ1n) is 6.55. The van der Waals surface area contributed by atoms with Crippen molar-refractivity contribution in [2.45, 2.75) is 37.8 Å². The predicted molar refractivity (Wildman–Crippen MR) is 66.3 cm³/mol. The summed E-state index contributed by atoms with van der Waals surface area (Å²) < 4.78 is 45.3. The van der Waals surface area contributed by atoms with Crippen molar-refractivity contribution in [2.75, 3.05) is 13.7 Å². The number of halogens is 3. The third kappa shape index (κ3) is 3.28. The highest BCUT2D eigenvalue weighted by atomic mass is 19.2. The topological polar surface area (TPSA) is 21.3 Å². The van der Waals surface area contributed by atoms with Gasteiger partial charge in [-0.05, 0) is 38.8 Å². The van der Waals surface area contributed by atoms with Gasteiger partial charge in [0.05, 0.1) is 6.10 Å². The van der Waals surface area contributed by atoms with Gasteiger partial charge < -0.3 is 10.1 Å². The molecule has 1 aromatic rings. The average Bonchev–Trinajstić information content (AvgIpc) is 2.92. The fourth-order valence-corrected chi connectivity index (χ4v) is 2.49.